The van der Waals surface area contributed by atoms with Crippen molar-refractivity contribution >= 4 is 33.4 Å². The van der Waals surface area contributed by atoms with Gasteiger partial charge in [0, 0.05) is 23.1 Å². The molecule has 1 atom stereocenters. The van der Waals surface area contributed by atoms with Gasteiger partial charge in [-0.2, -0.15) is 0 Å². The third kappa shape index (κ3) is 3.33. The van der Waals surface area contributed by atoms with Crippen LogP contribution in [0.1, 0.15) is 13.3 Å². The molecule has 1 aromatic carbocycles. The molecule has 19 heavy (non-hydrogen) atoms. The van der Waals surface area contributed by atoms with E-state index in [0.717, 1.165) is 10.2 Å². The van der Waals surface area contributed by atoms with Gasteiger partial charge in [0.15, 0.2) is 0 Å². The van der Waals surface area contributed by atoms with Crippen LogP contribution in [0.4, 0.5) is 5.69 Å². The molecule has 2 amide bonds. The number of benzene rings is 1. The van der Waals surface area contributed by atoms with E-state index in [0.29, 0.717) is 13.2 Å². The van der Waals surface area contributed by atoms with Crippen molar-refractivity contribution in [1.29, 1.82) is 0 Å². The lowest BCUT2D eigenvalue weighted by Gasteiger charge is -2.16. The molecular weight excluding hydrogens is 312 g/mol. The maximum Gasteiger partial charge on any atom is 0.248 e. The van der Waals surface area contributed by atoms with Crippen molar-refractivity contribution in [3.63, 3.8) is 0 Å². The minimum absolute atomic E-state index is 0.0465. The highest BCUT2D eigenvalue weighted by atomic mass is 79.9. The lowest BCUT2D eigenvalue weighted by atomic mass is 10.1. The molecule has 1 N–H and O–H groups in total. The lowest BCUT2D eigenvalue weighted by molar-refractivity contribution is -0.137. The van der Waals surface area contributed by atoms with Crippen molar-refractivity contribution in [3.05, 3.63) is 28.7 Å². The second kappa shape index (κ2) is 6.16. The molecule has 0 radical (unpaired) electrons. The Morgan fingerprint density at radius 1 is 1.58 bits per heavy atom. The average molecular weight is 327 g/mol. The van der Waals surface area contributed by atoms with E-state index in [1.165, 1.54) is 0 Å². The maximum atomic E-state index is 12.0. The highest BCUT2D eigenvalue weighted by molar-refractivity contribution is 9.10. The number of nitrogens with zero attached hydrogens (tertiary/aromatic N) is 1. The smallest absolute Gasteiger partial charge is 0.248 e. The third-order valence-electron chi connectivity index (χ3n) is 2.93. The van der Waals surface area contributed by atoms with E-state index in [4.69, 9.17) is 4.84 Å². The molecule has 5 nitrogen and oxygen atoms in total. The largest absolute Gasteiger partial charge is 0.312 e. The first-order chi connectivity index (χ1) is 9.11. The summed E-state index contributed by atoms with van der Waals surface area (Å²) in [6.07, 6.45) is 0.214. The normalized spacial score (nSPS) is 18.7. The van der Waals surface area contributed by atoms with E-state index in [2.05, 4.69) is 21.4 Å². The average Bonchev–Trinajstić information content (AvgIpc) is 2.78. The Balaban J connectivity index is 2.05. The predicted molar refractivity (Wildman–Crippen MR) is 74.4 cm³/mol. The summed E-state index contributed by atoms with van der Waals surface area (Å²) in [5.74, 6) is -0.652. The Morgan fingerprint density at radius 3 is 3.05 bits per heavy atom. The standard InChI is InChI=1S/C13H15BrN2O3/c1-2-19-15-13(18)9-6-12(17)16(8-9)11-5-3-4-10(14)7-11/h3-5,7,9H,2,6,8H2,1H3,(H,15,18). The summed E-state index contributed by atoms with van der Waals surface area (Å²) >= 11 is 3.37. The van der Waals surface area contributed by atoms with Gasteiger partial charge in [-0.25, -0.2) is 5.48 Å². The predicted octanol–water partition coefficient (Wildman–Crippen LogP) is 1.87. The van der Waals surface area contributed by atoms with Crippen LogP contribution in [0.3, 0.4) is 0 Å². The van der Waals surface area contributed by atoms with Crippen molar-refractivity contribution in [2.75, 3.05) is 18.1 Å². The highest BCUT2D eigenvalue weighted by Crippen LogP contribution is 2.27. The molecule has 6 heteroatoms. The van der Waals surface area contributed by atoms with Crippen molar-refractivity contribution in [1.82, 2.24) is 5.48 Å². The molecule has 2 rings (SSSR count). The molecule has 1 unspecified atom stereocenters. The molecule has 0 aliphatic carbocycles. The summed E-state index contributed by atoms with van der Waals surface area (Å²) in [5.41, 5.74) is 3.15. The summed E-state index contributed by atoms with van der Waals surface area (Å²) in [6, 6.07) is 7.47. The Hall–Kier alpha value is -1.40. The molecule has 1 aliphatic heterocycles. The van der Waals surface area contributed by atoms with Crippen LogP contribution in [-0.2, 0) is 14.4 Å². The molecule has 1 heterocycles. The van der Waals surface area contributed by atoms with E-state index in [1.807, 2.05) is 24.3 Å². The van der Waals surface area contributed by atoms with E-state index in [9.17, 15) is 9.59 Å². The number of amides is 2. The van der Waals surface area contributed by atoms with Crippen molar-refractivity contribution < 1.29 is 14.4 Å². The summed E-state index contributed by atoms with van der Waals surface area (Å²) in [6.45, 7) is 2.57. The van der Waals surface area contributed by atoms with Gasteiger partial charge in [0.1, 0.15) is 0 Å². The van der Waals surface area contributed by atoms with Crippen LogP contribution in [0, 0.1) is 5.92 Å². The number of anilines is 1. The van der Waals surface area contributed by atoms with Gasteiger partial charge < -0.3 is 4.90 Å². The number of halogens is 1. The first-order valence-corrected chi connectivity index (χ1v) is 6.88. The van der Waals surface area contributed by atoms with Gasteiger partial charge in [-0.1, -0.05) is 22.0 Å². The van der Waals surface area contributed by atoms with Gasteiger partial charge in [-0.15, -0.1) is 0 Å². The summed E-state index contributed by atoms with van der Waals surface area (Å²) < 4.78 is 0.903. The zero-order valence-electron chi connectivity index (χ0n) is 10.6. The molecule has 0 bridgehead atoms. The SMILES string of the molecule is CCONC(=O)C1CC(=O)N(c2cccc(Br)c2)C1. The molecule has 1 fully saturated rings. The van der Waals surface area contributed by atoms with Gasteiger partial charge in [0.05, 0.1) is 12.5 Å². The van der Waals surface area contributed by atoms with E-state index in [1.54, 1.807) is 11.8 Å². The second-order valence-electron chi connectivity index (χ2n) is 4.28. The van der Waals surface area contributed by atoms with Crippen LogP contribution in [0.2, 0.25) is 0 Å². The Labute approximate surface area is 120 Å². The Bertz CT molecular complexity index is 493. The van der Waals surface area contributed by atoms with Crippen molar-refractivity contribution in [2.24, 2.45) is 5.92 Å². The van der Waals surface area contributed by atoms with Gasteiger partial charge in [0.25, 0.3) is 0 Å². The number of nitrogens with one attached hydrogen (secondary N) is 1. The molecule has 1 aromatic rings. The Kier molecular flexibility index (Phi) is 4.55. The summed E-state index contributed by atoms with van der Waals surface area (Å²) in [5, 5.41) is 0. The molecule has 1 saturated heterocycles. The molecule has 1 aliphatic rings. The van der Waals surface area contributed by atoms with Crippen LogP contribution in [0.5, 0.6) is 0 Å². The van der Waals surface area contributed by atoms with Gasteiger partial charge in [-0.05, 0) is 25.1 Å². The maximum absolute atomic E-state index is 12.0. The highest BCUT2D eigenvalue weighted by Gasteiger charge is 2.35. The molecule has 102 valence electrons. The number of carbonyl (C=O) groups excluding carboxylic acids is 2. The second-order valence-corrected chi connectivity index (χ2v) is 5.20. The molecule has 0 spiro atoms. The first kappa shape index (κ1) is 14.0. The fraction of sp³-hybridized carbons (Fsp3) is 0.385. The topological polar surface area (TPSA) is 58.6 Å². The Morgan fingerprint density at radius 2 is 2.37 bits per heavy atom. The van der Waals surface area contributed by atoms with Crippen LogP contribution in [0.25, 0.3) is 0 Å². The number of hydroxylamine groups is 1. The first-order valence-electron chi connectivity index (χ1n) is 6.09. The number of hydrogen-bond acceptors (Lipinski definition) is 3. The van der Waals surface area contributed by atoms with Crippen LogP contribution in [-0.4, -0.2) is 25.0 Å². The zero-order valence-corrected chi connectivity index (χ0v) is 12.1. The number of hydrogen-bond donors (Lipinski definition) is 1. The van der Waals surface area contributed by atoms with E-state index >= 15 is 0 Å². The van der Waals surface area contributed by atoms with Crippen LogP contribution < -0.4 is 10.4 Å². The lowest BCUT2D eigenvalue weighted by Crippen LogP contribution is -2.33. The van der Waals surface area contributed by atoms with Gasteiger partial charge >= 0.3 is 0 Å². The monoisotopic (exact) mass is 326 g/mol. The molecule has 0 saturated carbocycles. The molecular formula is C13H15BrN2O3. The quantitative estimate of drug-likeness (QED) is 0.859. The minimum Gasteiger partial charge on any atom is -0.312 e. The van der Waals surface area contributed by atoms with Crippen LogP contribution in [0.15, 0.2) is 28.7 Å². The number of carbonyl (C=O) groups is 2. The number of rotatable bonds is 4. The molecule has 0 aromatic heterocycles. The summed E-state index contributed by atoms with van der Waals surface area (Å²) in [7, 11) is 0. The zero-order chi connectivity index (χ0) is 13.8. The van der Waals surface area contributed by atoms with E-state index < -0.39 is 0 Å². The summed E-state index contributed by atoms with van der Waals surface area (Å²) in [4.78, 5) is 30.2. The van der Waals surface area contributed by atoms with Gasteiger partial charge in [0.2, 0.25) is 11.8 Å². The van der Waals surface area contributed by atoms with Crippen molar-refractivity contribution in [2.45, 2.75) is 13.3 Å². The van der Waals surface area contributed by atoms with Crippen molar-refractivity contribution in [3.8, 4) is 0 Å². The van der Waals surface area contributed by atoms with E-state index in [-0.39, 0.29) is 24.2 Å². The minimum atomic E-state index is -0.363. The van der Waals surface area contributed by atoms with Gasteiger partial charge in [-0.3, -0.25) is 14.4 Å². The third-order valence-corrected chi connectivity index (χ3v) is 3.43. The fourth-order valence-corrected chi connectivity index (χ4v) is 2.39. The van der Waals surface area contributed by atoms with Crippen LogP contribution >= 0.6 is 15.9 Å². The fourth-order valence-electron chi connectivity index (χ4n) is 2.00.